The molecule has 0 rings (SSSR count). The lowest BCUT2D eigenvalue weighted by molar-refractivity contribution is 0.850. The Balaban J connectivity index is 5.68. The minimum atomic E-state index is 0.309. The van der Waals surface area contributed by atoms with Crippen molar-refractivity contribution in [2.75, 3.05) is 0 Å². The molecule has 0 unspecified atom stereocenters. The lowest BCUT2D eigenvalue weighted by atomic mass is 9.84. The van der Waals surface area contributed by atoms with Gasteiger partial charge in [0.05, 0.1) is 0 Å². The fraction of sp³-hybridized carbons (Fsp3) is 0.300. The van der Waals surface area contributed by atoms with Crippen LogP contribution in [0.15, 0.2) is 84.1 Å². The second-order valence-electron chi connectivity index (χ2n) is 4.69. The van der Waals surface area contributed by atoms with E-state index in [0.717, 1.165) is 0 Å². The minimum absolute atomic E-state index is 0.309. The van der Waals surface area contributed by atoms with Gasteiger partial charge in [0.1, 0.15) is 0 Å². The molecule has 0 heteroatoms. The average molecular weight is 268 g/mol. The van der Waals surface area contributed by atoms with Crippen LogP contribution < -0.4 is 0 Å². The Morgan fingerprint density at radius 1 is 0.850 bits per heavy atom. The normalized spacial score (nSPS) is 15.2. The zero-order valence-corrected chi connectivity index (χ0v) is 13.6. The predicted octanol–water partition coefficient (Wildman–Crippen LogP) is 6.34. The fourth-order valence-corrected chi connectivity index (χ4v) is 2.11. The van der Waals surface area contributed by atoms with Crippen molar-refractivity contribution in [3.05, 3.63) is 84.1 Å². The van der Waals surface area contributed by atoms with Gasteiger partial charge in [-0.2, -0.15) is 0 Å². The molecule has 20 heavy (non-hydrogen) atoms. The molecule has 0 radical (unpaired) electrons. The summed E-state index contributed by atoms with van der Waals surface area (Å²) >= 11 is 0. The maximum absolute atomic E-state index is 3.75. The molecule has 108 valence electrons. The van der Waals surface area contributed by atoms with Crippen LogP contribution in [0.1, 0.15) is 34.6 Å². The molecule has 0 amide bonds. The van der Waals surface area contributed by atoms with Crippen molar-refractivity contribution in [3.63, 3.8) is 0 Å². The summed E-state index contributed by atoms with van der Waals surface area (Å²) in [6, 6.07) is 0. The Morgan fingerprint density at radius 3 is 1.70 bits per heavy atom. The molecule has 0 fully saturated rings. The van der Waals surface area contributed by atoms with Gasteiger partial charge in [-0.25, -0.2) is 0 Å². The van der Waals surface area contributed by atoms with E-state index in [1.165, 1.54) is 16.7 Å². The van der Waals surface area contributed by atoms with Crippen molar-refractivity contribution in [2.24, 2.45) is 5.92 Å². The molecule has 0 nitrogen and oxygen atoms in total. The van der Waals surface area contributed by atoms with Crippen LogP contribution in [0.25, 0.3) is 0 Å². The molecule has 0 aromatic heterocycles. The van der Waals surface area contributed by atoms with Gasteiger partial charge < -0.3 is 0 Å². The van der Waals surface area contributed by atoms with Gasteiger partial charge in [0.2, 0.25) is 0 Å². The summed E-state index contributed by atoms with van der Waals surface area (Å²) in [6.45, 7) is 14.3. The van der Waals surface area contributed by atoms with Crippen molar-refractivity contribution in [1.29, 1.82) is 0 Å². The molecule has 0 aromatic rings. The Hall–Kier alpha value is -1.82. The third-order valence-electron chi connectivity index (χ3n) is 3.11. The topological polar surface area (TPSA) is 0 Å². The first kappa shape index (κ1) is 18.2. The lowest BCUT2D eigenvalue weighted by Gasteiger charge is -2.20. The van der Waals surface area contributed by atoms with E-state index in [4.69, 9.17) is 0 Å². The summed E-state index contributed by atoms with van der Waals surface area (Å²) in [5, 5.41) is 0. The van der Waals surface area contributed by atoms with E-state index in [1.54, 1.807) is 0 Å². The van der Waals surface area contributed by atoms with E-state index in [2.05, 4.69) is 76.0 Å². The van der Waals surface area contributed by atoms with Gasteiger partial charge in [-0.3, -0.25) is 0 Å². The summed E-state index contributed by atoms with van der Waals surface area (Å²) < 4.78 is 0. The number of hydrogen-bond donors (Lipinski definition) is 0. The van der Waals surface area contributed by atoms with Gasteiger partial charge in [0.15, 0.2) is 0 Å². The molecule has 0 saturated carbocycles. The molecule has 0 N–H and O–H groups in total. The van der Waals surface area contributed by atoms with E-state index in [1.807, 2.05) is 26.0 Å². The van der Waals surface area contributed by atoms with E-state index in [0.29, 0.717) is 5.92 Å². The zero-order chi connectivity index (χ0) is 15.4. The highest BCUT2D eigenvalue weighted by atomic mass is 14.2. The van der Waals surface area contributed by atoms with Crippen LogP contribution in [0.4, 0.5) is 0 Å². The monoisotopic (exact) mass is 268 g/mol. The van der Waals surface area contributed by atoms with Crippen molar-refractivity contribution in [1.82, 2.24) is 0 Å². The third-order valence-corrected chi connectivity index (χ3v) is 3.11. The minimum Gasteiger partial charge on any atom is -0.0991 e. The van der Waals surface area contributed by atoms with Crippen LogP contribution in [0.2, 0.25) is 0 Å². The molecule has 0 heterocycles. The smallest absolute Gasteiger partial charge is 0.0255 e. The molecule has 0 saturated heterocycles. The van der Waals surface area contributed by atoms with Crippen LogP contribution in [0.3, 0.4) is 0 Å². The maximum atomic E-state index is 3.75. The van der Waals surface area contributed by atoms with Crippen LogP contribution in [-0.2, 0) is 0 Å². The van der Waals surface area contributed by atoms with Gasteiger partial charge >= 0.3 is 0 Å². The summed E-state index contributed by atoms with van der Waals surface area (Å²) in [4.78, 5) is 0. The molecule has 0 bridgehead atoms. The van der Waals surface area contributed by atoms with E-state index >= 15 is 0 Å². The largest absolute Gasteiger partial charge is 0.0991 e. The Kier molecular flexibility index (Phi) is 10.0. The maximum Gasteiger partial charge on any atom is 0.0255 e. The molecular weight excluding hydrogens is 240 g/mol. The SMILES string of the molecule is C=C/C=C\C(=C/C)C(/C(C)=C/C=C\C)/C(C)=C/C=C\C. The molecule has 0 aliphatic carbocycles. The fourth-order valence-electron chi connectivity index (χ4n) is 2.11. The van der Waals surface area contributed by atoms with Crippen LogP contribution in [-0.4, -0.2) is 0 Å². The molecule has 0 aliphatic rings. The summed E-state index contributed by atoms with van der Waals surface area (Å²) in [5.74, 6) is 0.309. The van der Waals surface area contributed by atoms with Gasteiger partial charge in [-0.05, 0) is 40.2 Å². The quantitative estimate of drug-likeness (QED) is 0.473. The Bertz CT molecular complexity index is 434. The van der Waals surface area contributed by atoms with Crippen molar-refractivity contribution in [2.45, 2.75) is 34.6 Å². The van der Waals surface area contributed by atoms with Crippen molar-refractivity contribution >= 4 is 0 Å². The molecule has 0 aliphatic heterocycles. The number of rotatable bonds is 7. The summed E-state index contributed by atoms with van der Waals surface area (Å²) in [5.41, 5.74) is 3.97. The Morgan fingerprint density at radius 2 is 1.35 bits per heavy atom. The standard InChI is InChI=1S/C20H28/c1-7-11-14-17(5)20(18(6)15-12-8-2)19(10-4)16-13-9-3/h7-16,20H,3H2,1-2,4-6H3/b11-7-,12-8-,16-13-,17-14+,18-15+,19-10+. The van der Waals surface area contributed by atoms with Gasteiger partial charge in [-0.1, -0.05) is 78.5 Å². The highest BCUT2D eigenvalue weighted by molar-refractivity contribution is 5.39. The first-order valence-electron chi connectivity index (χ1n) is 7.16. The van der Waals surface area contributed by atoms with Gasteiger partial charge in [-0.15, -0.1) is 0 Å². The summed E-state index contributed by atoms with van der Waals surface area (Å²) in [7, 11) is 0. The third kappa shape index (κ3) is 6.38. The number of hydrogen-bond acceptors (Lipinski definition) is 0. The molecule has 0 aromatic carbocycles. The summed E-state index contributed by atoms with van der Waals surface area (Å²) in [6.07, 6.45) is 20.8. The van der Waals surface area contributed by atoms with Crippen molar-refractivity contribution in [3.8, 4) is 0 Å². The molecule has 0 atom stereocenters. The van der Waals surface area contributed by atoms with E-state index in [-0.39, 0.29) is 0 Å². The second kappa shape index (κ2) is 11.0. The van der Waals surface area contributed by atoms with Crippen LogP contribution >= 0.6 is 0 Å². The second-order valence-corrected chi connectivity index (χ2v) is 4.69. The predicted molar refractivity (Wildman–Crippen MR) is 93.7 cm³/mol. The average Bonchev–Trinajstić information content (AvgIpc) is 2.46. The Labute approximate surface area is 125 Å². The molecule has 0 spiro atoms. The van der Waals surface area contributed by atoms with Gasteiger partial charge in [0.25, 0.3) is 0 Å². The zero-order valence-electron chi connectivity index (χ0n) is 13.6. The number of allylic oxidation sites excluding steroid dienone is 13. The van der Waals surface area contributed by atoms with E-state index < -0.39 is 0 Å². The molecular formula is C20H28. The lowest BCUT2D eigenvalue weighted by Crippen LogP contribution is -2.06. The van der Waals surface area contributed by atoms with Crippen molar-refractivity contribution < 1.29 is 0 Å². The van der Waals surface area contributed by atoms with Crippen LogP contribution in [0.5, 0.6) is 0 Å². The highest BCUT2D eigenvalue weighted by Gasteiger charge is 2.15. The first-order chi connectivity index (χ1) is 9.62. The van der Waals surface area contributed by atoms with E-state index in [9.17, 15) is 0 Å². The van der Waals surface area contributed by atoms with Crippen LogP contribution in [0, 0.1) is 5.92 Å². The van der Waals surface area contributed by atoms with Gasteiger partial charge in [0, 0.05) is 5.92 Å². The first-order valence-corrected chi connectivity index (χ1v) is 7.16. The highest BCUT2D eigenvalue weighted by Crippen LogP contribution is 2.29.